The highest BCUT2D eigenvalue weighted by atomic mass is 16.6. The molecule has 7 nitrogen and oxygen atoms in total. The largest absolute Gasteiger partial charge is 0.378 e. The van der Waals surface area contributed by atoms with E-state index in [0.29, 0.717) is 24.3 Å². The molecule has 0 saturated carbocycles. The van der Waals surface area contributed by atoms with Crippen molar-refractivity contribution in [3.8, 4) is 0 Å². The first-order valence-electron chi connectivity index (χ1n) is 6.98. The molecule has 1 rings (SSSR count). The molecule has 0 heterocycles. The number of anilines is 1. The molecule has 7 heteroatoms. The van der Waals surface area contributed by atoms with Gasteiger partial charge in [-0.3, -0.25) is 14.9 Å². The van der Waals surface area contributed by atoms with Crippen molar-refractivity contribution in [1.82, 2.24) is 10.2 Å². The predicted octanol–water partition coefficient (Wildman–Crippen LogP) is 1.71. The number of likely N-dealkylation sites (N-methyl/N-ethyl adjacent to an activating group) is 1. The van der Waals surface area contributed by atoms with Crippen molar-refractivity contribution in [2.45, 2.75) is 13.8 Å². The van der Waals surface area contributed by atoms with E-state index in [2.05, 4.69) is 15.5 Å². The smallest absolute Gasteiger partial charge is 0.292 e. The Bertz CT molecular complexity index is 505. The minimum atomic E-state index is -0.451. The second-order valence-corrected chi connectivity index (χ2v) is 4.67. The topological polar surface area (TPSA) is 87.5 Å². The van der Waals surface area contributed by atoms with Gasteiger partial charge in [0.1, 0.15) is 5.69 Å². The van der Waals surface area contributed by atoms with Gasteiger partial charge in [0.15, 0.2) is 0 Å². The third kappa shape index (κ3) is 5.03. The fraction of sp³-hybridized carbons (Fsp3) is 0.500. The van der Waals surface area contributed by atoms with Crippen LogP contribution in [0.25, 0.3) is 0 Å². The Hall–Kier alpha value is -2.15. The summed E-state index contributed by atoms with van der Waals surface area (Å²) in [5.74, 6) is -0.235. The normalized spacial score (nSPS) is 10.5. The van der Waals surface area contributed by atoms with E-state index in [1.165, 1.54) is 18.2 Å². The second kappa shape index (κ2) is 8.21. The molecule has 0 atom stereocenters. The summed E-state index contributed by atoms with van der Waals surface area (Å²) >= 11 is 0. The van der Waals surface area contributed by atoms with Crippen molar-refractivity contribution in [2.24, 2.45) is 0 Å². The molecular formula is C14H22N4O3. The standard InChI is InChI=1S/C14H22N4O3/c1-4-15-14(19)11-6-7-13(18(20)21)12(10-11)16-8-9-17(3)5-2/h6-7,10,16H,4-5,8-9H2,1-3H3,(H,15,19). The molecule has 21 heavy (non-hydrogen) atoms. The van der Waals surface area contributed by atoms with E-state index < -0.39 is 4.92 Å². The van der Waals surface area contributed by atoms with Crippen LogP contribution in [0.5, 0.6) is 0 Å². The minimum absolute atomic E-state index is 0.0257. The SMILES string of the molecule is CCNC(=O)c1ccc([N+](=O)[O-])c(NCCN(C)CC)c1. The van der Waals surface area contributed by atoms with Gasteiger partial charge in [-0.25, -0.2) is 0 Å². The van der Waals surface area contributed by atoms with E-state index in [1.54, 1.807) is 0 Å². The van der Waals surface area contributed by atoms with Crippen LogP contribution < -0.4 is 10.6 Å². The number of nitro benzene ring substituents is 1. The fourth-order valence-corrected chi connectivity index (χ4v) is 1.78. The molecule has 0 aliphatic rings. The van der Waals surface area contributed by atoms with Crippen molar-refractivity contribution in [3.05, 3.63) is 33.9 Å². The first kappa shape index (κ1) is 16.9. The minimum Gasteiger partial charge on any atom is -0.378 e. The lowest BCUT2D eigenvalue weighted by atomic mass is 10.1. The van der Waals surface area contributed by atoms with E-state index in [1.807, 2.05) is 20.9 Å². The molecule has 0 unspecified atom stereocenters. The lowest BCUT2D eigenvalue weighted by Gasteiger charge is -2.15. The average molecular weight is 294 g/mol. The number of hydrogen-bond acceptors (Lipinski definition) is 5. The zero-order valence-corrected chi connectivity index (χ0v) is 12.7. The third-order valence-corrected chi connectivity index (χ3v) is 3.14. The molecule has 0 aliphatic heterocycles. The summed E-state index contributed by atoms with van der Waals surface area (Å²) in [6.07, 6.45) is 0. The Morgan fingerprint density at radius 3 is 2.67 bits per heavy atom. The van der Waals surface area contributed by atoms with Crippen LogP contribution >= 0.6 is 0 Å². The van der Waals surface area contributed by atoms with E-state index >= 15 is 0 Å². The number of hydrogen-bond donors (Lipinski definition) is 2. The summed E-state index contributed by atoms with van der Waals surface area (Å²) in [6, 6.07) is 4.35. The van der Waals surface area contributed by atoms with Crippen LogP contribution in [0.2, 0.25) is 0 Å². The first-order valence-corrected chi connectivity index (χ1v) is 6.98. The van der Waals surface area contributed by atoms with Gasteiger partial charge in [0, 0.05) is 31.3 Å². The second-order valence-electron chi connectivity index (χ2n) is 4.67. The third-order valence-electron chi connectivity index (χ3n) is 3.14. The first-order chi connectivity index (χ1) is 9.99. The van der Waals surface area contributed by atoms with Crippen LogP contribution in [0, 0.1) is 10.1 Å². The fourth-order valence-electron chi connectivity index (χ4n) is 1.78. The molecule has 0 fully saturated rings. The molecule has 1 aromatic carbocycles. The van der Waals surface area contributed by atoms with Crippen molar-refractivity contribution in [2.75, 3.05) is 38.5 Å². The summed E-state index contributed by atoms with van der Waals surface area (Å²) in [6.45, 7) is 6.62. The van der Waals surface area contributed by atoms with Crippen molar-refractivity contribution in [3.63, 3.8) is 0 Å². The number of benzene rings is 1. The number of nitrogens with zero attached hydrogens (tertiary/aromatic N) is 2. The van der Waals surface area contributed by atoms with Crippen molar-refractivity contribution in [1.29, 1.82) is 0 Å². The molecule has 1 aromatic rings. The molecule has 0 saturated heterocycles. The van der Waals surface area contributed by atoms with Crippen LogP contribution in [0.15, 0.2) is 18.2 Å². The van der Waals surface area contributed by atoms with Gasteiger partial charge in [-0.05, 0) is 32.6 Å². The maximum absolute atomic E-state index is 11.8. The Kier molecular flexibility index (Phi) is 6.61. The van der Waals surface area contributed by atoms with Gasteiger partial charge in [-0.1, -0.05) is 6.92 Å². The summed E-state index contributed by atoms with van der Waals surface area (Å²) in [5, 5.41) is 16.7. The van der Waals surface area contributed by atoms with E-state index in [9.17, 15) is 14.9 Å². The summed E-state index contributed by atoms with van der Waals surface area (Å²) in [4.78, 5) is 24.5. The maximum atomic E-state index is 11.8. The van der Waals surface area contributed by atoms with Gasteiger partial charge in [-0.15, -0.1) is 0 Å². The number of carbonyl (C=O) groups is 1. The number of nitro groups is 1. The summed E-state index contributed by atoms with van der Waals surface area (Å²) in [7, 11) is 1.97. The van der Waals surface area contributed by atoms with Gasteiger partial charge in [0.05, 0.1) is 4.92 Å². The Morgan fingerprint density at radius 1 is 1.38 bits per heavy atom. The van der Waals surface area contributed by atoms with Crippen LogP contribution in [0.1, 0.15) is 24.2 Å². The maximum Gasteiger partial charge on any atom is 0.292 e. The zero-order valence-electron chi connectivity index (χ0n) is 12.7. The highest BCUT2D eigenvalue weighted by Crippen LogP contribution is 2.25. The molecule has 2 N–H and O–H groups in total. The van der Waals surface area contributed by atoms with Gasteiger partial charge in [-0.2, -0.15) is 0 Å². The van der Waals surface area contributed by atoms with Crippen LogP contribution in [0.4, 0.5) is 11.4 Å². The number of rotatable bonds is 8. The summed E-state index contributed by atoms with van der Waals surface area (Å²) < 4.78 is 0. The van der Waals surface area contributed by atoms with Crippen molar-refractivity contribution < 1.29 is 9.72 Å². The van der Waals surface area contributed by atoms with Crippen LogP contribution in [0.3, 0.4) is 0 Å². The molecule has 116 valence electrons. The average Bonchev–Trinajstić information content (AvgIpc) is 2.46. The van der Waals surface area contributed by atoms with Crippen LogP contribution in [-0.2, 0) is 0 Å². The molecule has 0 radical (unpaired) electrons. The molecule has 0 spiro atoms. The Balaban J connectivity index is 2.88. The van der Waals surface area contributed by atoms with Gasteiger partial charge in [0.25, 0.3) is 11.6 Å². The Morgan fingerprint density at radius 2 is 2.10 bits per heavy atom. The lowest BCUT2D eigenvalue weighted by Crippen LogP contribution is -2.25. The van der Waals surface area contributed by atoms with Crippen molar-refractivity contribution >= 4 is 17.3 Å². The molecule has 1 amide bonds. The number of amides is 1. The van der Waals surface area contributed by atoms with E-state index in [4.69, 9.17) is 0 Å². The molecule has 0 bridgehead atoms. The number of carbonyl (C=O) groups excluding carboxylic acids is 1. The number of nitrogens with one attached hydrogen (secondary N) is 2. The highest BCUT2D eigenvalue weighted by molar-refractivity contribution is 5.95. The molecule has 0 aliphatic carbocycles. The Labute approximate surface area is 124 Å². The van der Waals surface area contributed by atoms with E-state index in [0.717, 1.165) is 13.1 Å². The van der Waals surface area contributed by atoms with Gasteiger partial charge >= 0.3 is 0 Å². The van der Waals surface area contributed by atoms with Crippen LogP contribution in [-0.4, -0.2) is 49.0 Å². The summed E-state index contributed by atoms with van der Waals surface area (Å²) in [5.41, 5.74) is 0.754. The molecular weight excluding hydrogens is 272 g/mol. The monoisotopic (exact) mass is 294 g/mol. The predicted molar refractivity (Wildman–Crippen MR) is 82.8 cm³/mol. The molecule has 0 aromatic heterocycles. The van der Waals surface area contributed by atoms with Gasteiger partial charge < -0.3 is 15.5 Å². The quantitative estimate of drug-likeness (QED) is 0.563. The van der Waals surface area contributed by atoms with Gasteiger partial charge in [0.2, 0.25) is 0 Å². The highest BCUT2D eigenvalue weighted by Gasteiger charge is 2.16. The lowest BCUT2D eigenvalue weighted by molar-refractivity contribution is -0.384. The zero-order chi connectivity index (χ0) is 15.8. The van der Waals surface area contributed by atoms with E-state index in [-0.39, 0.29) is 11.6 Å².